The molecule has 0 amide bonds. The fraction of sp³-hybridized carbons (Fsp3) is 0.667. The first-order valence-electron chi connectivity index (χ1n) is 5.74. The highest BCUT2D eigenvalue weighted by atomic mass is 79.9. The van der Waals surface area contributed by atoms with Crippen LogP contribution in [0.3, 0.4) is 0 Å². The van der Waals surface area contributed by atoms with E-state index in [-0.39, 0.29) is 0 Å². The van der Waals surface area contributed by atoms with Gasteiger partial charge in [0.1, 0.15) is 16.2 Å². The van der Waals surface area contributed by atoms with E-state index in [4.69, 9.17) is 0 Å². The summed E-state index contributed by atoms with van der Waals surface area (Å²) in [5.74, 6) is 1.77. The lowest BCUT2D eigenvalue weighted by Crippen LogP contribution is -2.22. The number of rotatable bonds is 5. The maximum atomic E-state index is 4.44. The molecule has 16 heavy (non-hydrogen) atoms. The van der Waals surface area contributed by atoms with Gasteiger partial charge in [0.2, 0.25) is 0 Å². The molecule has 1 aromatic rings. The van der Waals surface area contributed by atoms with E-state index < -0.39 is 0 Å². The van der Waals surface area contributed by atoms with Crippen LogP contribution in [-0.2, 0) is 6.42 Å². The van der Waals surface area contributed by atoms with Crippen LogP contribution < -0.4 is 5.32 Å². The molecule has 1 heterocycles. The summed E-state index contributed by atoms with van der Waals surface area (Å²) < 4.78 is 0.844. The number of halogens is 1. The number of hydrogen-bond donors (Lipinski definition) is 1. The Bertz CT molecular complexity index is 350. The number of hydrogen-bond acceptors (Lipinski definition) is 3. The summed E-state index contributed by atoms with van der Waals surface area (Å²) in [7, 11) is 0. The van der Waals surface area contributed by atoms with E-state index in [1.807, 2.05) is 6.07 Å². The van der Waals surface area contributed by atoms with E-state index in [0.29, 0.717) is 5.41 Å². The van der Waals surface area contributed by atoms with E-state index >= 15 is 0 Å². The summed E-state index contributed by atoms with van der Waals surface area (Å²) in [5.41, 5.74) is 0.295. The highest BCUT2D eigenvalue weighted by molar-refractivity contribution is 9.10. The summed E-state index contributed by atoms with van der Waals surface area (Å²) in [4.78, 5) is 8.72. The Morgan fingerprint density at radius 1 is 1.31 bits per heavy atom. The van der Waals surface area contributed by atoms with E-state index in [1.165, 1.54) is 0 Å². The fourth-order valence-electron chi connectivity index (χ4n) is 1.17. The van der Waals surface area contributed by atoms with Crippen molar-refractivity contribution in [2.75, 3.05) is 11.9 Å². The Hall–Kier alpha value is -0.640. The monoisotopic (exact) mass is 285 g/mol. The van der Waals surface area contributed by atoms with Crippen molar-refractivity contribution in [3.8, 4) is 0 Å². The average Bonchev–Trinajstić information content (AvgIpc) is 2.26. The zero-order valence-corrected chi connectivity index (χ0v) is 12.1. The van der Waals surface area contributed by atoms with Crippen LogP contribution in [0, 0.1) is 5.41 Å². The zero-order chi connectivity index (χ0) is 12.2. The van der Waals surface area contributed by atoms with E-state index in [9.17, 15) is 0 Å². The Labute approximate surface area is 106 Å². The van der Waals surface area contributed by atoms with Gasteiger partial charge in [-0.15, -0.1) is 0 Å². The molecule has 4 heteroatoms. The minimum absolute atomic E-state index is 0.295. The van der Waals surface area contributed by atoms with Gasteiger partial charge >= 0.3 is 0 Å². The molecule has 0 saturated heterocycles. The molecule has 0 atom stereocenters. The lowest BCUT2D eigenvalue weighted by atomic mass is 9.90. The molecule has 0 saturated carbocycles. The van der Waals surface area contributed by atoms with Gasteiger partial charge in [-0.3, -0.25) is 0 Å². The quantitative estimate of drug-likeness (QED) is 0.840. The molecule has 0 radical (unpaired) electrons. The highest BCUT2D eigenvalue weighted by Crippen LogP contribution is 2.21. The summed E-state index contributed by atoms with van der Waals surface area (Å²) in [6, 6.07) is 1.92. The van der Waals surface area contributed by atoms with Crippen molar-refractivity contribution in [3.05, 3.63) is 16.5 Å². The van der Waals surface area contributed by atoms with Crippen LogP contribution in [0.1, 0.15) is 39.9 Å². The minimum Gasteiger partial charge on any atom is -0.369 e. The molecule has 0 aliphatic carbocycles. The van der Waals surface area contributed by atoms with Gasteiger partial charge in [-0.1, -0.05) is 27.7 Å². The molecule has 0 spiro atoms. The molecule has 0 aliphatic heterocycles. The average molecular weight is 286 g/mol. The van der Waals surface area contributed by atoms with Gasteiger partial charge in [-0.25, -0.2) is 9.97 Å². The van der Waals surface area contributed by atoms with Crippen LogP contribution in [0.2, 0.25) is 0 Å². The Morgan fingerprint density at radius 2 is 2.00 bits per heavy atom. The maximum Gasteiger partial charge on any atom is 0.131 e. The largest absolute Gasteiger partial charge is 0.369 e. The van der Waals surface area contributed by atoms with E-state index in [2.05, 4.69) is 58.9 Å². The number of aromatic nitrogens is 2. The molecule has 1 aromatic heterocycles. The maximum absolute atomic E-state index is 4.44. The molecule has 3 nitrogen and oxygen atoms in total. The second kappa shape index (κ2) is 5.62. The molecule has 0 aromatic carbocycles. The van der Waals surface area contributed by atoms with Gasteiger partial charge in [-0.05, 0) is 27.8 Å². The summed E-state index contributed by atoms with van der Waals surface area (Å²) in [6.07, 6.45) is 2.00. The SMILES string of the molecule is CCc1nc(Br)cc(NCC(C)(C)CC)n1. The third-order valence-corrected chi connectivity index (χ3v) is 3.17. The Kier molecular flexibility index (Phi) is 4.71. The lowest BCUT2D eigenvalue weighted by Gasteiger charge is -2.23. The molecule has 1 rings (SSSR count). The lowest BCUT2D eigenvalue weighted by molar-refractivity contribution is 0.376. The van der Waals surface area contributed by atoms with Crippen LogP contribution in [0.25, 0.3) is 0 Å². The van der Waals surface area contributed by atoms with Crippen LogP contribution >= 0.6 is 15.9 Å². The smallest absolute Gasteiger partial charge is 0.131 e. The van der Waals surface area contributed by atoms with Gasteiger partial charge in [0, 0.05) is 19.0 Å². The first-order chi connectivity index (χ1) is 7.46. The van der Waals surface area contributed by atoms with Gasteiger partial charge < -0.3 is 5.32 Å². The number of nitrogens with one attached hydrogen (secondary N) is 1. The predicted octanol–water partition coefficient (Wildman–Crippen LogP) is 3.65. The predicted molar refractivity (Wildman–Crippen MR) is 71.7 cm³/mol. The molecule has 0 bridgehead atoms. The molecule has 90 valence electrons. The number of anilines is 1. The van der Waals surface area contributed by atoms with Gasteiger partial charge in [0.05, 0.1) is 0 Å². The second-order valence-electron chi connectivity index (χ2n) is 4.72. The first kappa shape index (κ1) is 13.4. The van der Waals surface area contributed by atoms with Crippen LogP contribution in [0.15, 0.2) is 10.7 Å². The molecule has 0 unspecified atom stereocenters. The Balaban J connectivity index is 2.70. The van der Waals surface area contributed by atoms with Crippen LogP contribution in [0.5, 0.6) is 0 Å². The van der Waals surface area contributed by atoms with E-state index in [0.717, 1.165) is 35.6 Å². The van der Waals surface area contributed by atoms with Crippen molar-refractivity contribution in [1.29, 1.82) is 0 Å². The third kappa shape index (κ3) is 4.08. The fourth-order valence-corrected chi connectivity index (χ4v) is 1.59. The standard InChI is InChI=1S/C12H20BrN3/c1-5-10-15-9(13)7-11(16-10)14-8-12(3,4)6-2/h7H,5-6,8H2,1-4H3,(H,14,15,16). The second-order valence-corrected chi connectivity index (χ2v) is 5.53. The highest BCUT2D eigenvalue weighted by Gasteiger charge is 2.14. The molecular weight excluding hydrogens is 266 g/mol. The summed E-state index contributed by atoms with van der Waals surface area (Å²) >= 11 is 3.40. The molecule has 1 N–H and O–H groups in total. The Morgan fingerprint density at radius 3 is 2.56 bits per heavy atom. The normalized spacial score (nSPS) is 11.6. The van der Waals surface area contributed by atoms with Crippen LogP contribution in [-0.4, -0.2) is 16.5 Å². The summed E-state index contributed by atoms with van der Waals surface area (Å²) in [5, 5.41) is 3.37. The van der Waals surface area contributed by atoms with Gasteiger partial charge in [-0.2, -0.15) is 0 Å². The van der Waals surface area contributed by atoms with Gasteiger partial charge in [0.15, 0.2) is 0 Å². The van der Waals surface area contributed by atoms with Gasteiger partial charge in [0.25, 0.3) is 0 Å². The van der Waals surface area contributed by atoms with Crippen molar-refractivity contribution in [2.24, 2.45) is 5.41 Å². The summed E-state index contributed by atoms with van der Waals surface area (Å²) in [6.45, 7) is 9.68. The zero-order valence-electron chi connectivity index (χ0n) is 10.5. The molecule has 0 aliphatic rings. The van der Waals surface area contributed by atoms with Crippen molar-refractivity contribution < 1.29 is 0 Å². The van der Waals surface area contributed by atoms with Crippen molar-refractivity contribution in [3.63, 3.8) is 0 Å². The molecule has 0 fully saturated rings. The van der Waals surface area contributed by atoms with Crippen molar-refractivity contribution in [2.45, 2.75) is 40.5 Å². The minimum atomic E-state index is 0.295. The third-order valence-electron chi connectivity index (χ3n) is 2.76. The van der Waals surface area contributed by atoms with Crippen molar-refractivity contribution in [1.82, 2.24) is 9.97 Å². The first-order valence-corrected chi connectivity index (χ1v) is 6.53. The van der Waals surface area contributed by atoms with E-state index in [1.54, 1.807) is 0 Å². The van der Waals surface area contributed by atoms with Crippen LogP contribution in [0.4, 0.5) is 5.82 Å². The molecular formula is C12H20BrN3. The van der Waals surface area contributed by atoms with Crippen molar-refractivity contribution >= 4 is 21.7 Å². The number of aryl methyl sites for hydroxylation is 1. The number of nitrogens with zero attached hydrogens (tertiary/aromatic N) is 2. The topological polar surface area (TPSA) is 37.8 Å².